The highest BCUT2D eigenvalue weighted by atomic mass is 79.9. The molecule has 0 bridgehead atoms. The molecule has 0 amide bonds. The van der Waals surface area contributed by atoms with Crippen LogP contribution < -0.4 is 5.32 Å². The molecule has 1 aromatic rings. The fraction of sp³-hybridized carbons (Fsp3) is 0.583. The average Bonchev–Trinajstić information content (AvgIpc) is 2.95. The summed E-state index contributed by atoms with van der Waals surface area (Å²) in [5.41, 5.74) is 1.21. The van der Waals surface area contributed by atoms with Gasteiger partial charge in [-0.1, -0.05) is 13.3 Å². The molecule has 0 saturated heterocycles. The van der Waals surface area contributed by atoms with Gasteiger partial charge in [0.15, 0.2) is 0 Å². The van der Waals surface area contributed by atoms with Crippen LogP contribution in [0.2, 0.25) is 0 Å². The quantitative estimate of drug-likeness (QED) is 0.903. The number of aryl methyl sites for hydroxylation is 1. The van der Waals surface area contributed by atoms with Crippen LogP contribution in [0.15, 0.2) is 16.7 Å². The fourth-order valence-electron chi connectivity index (χ4n) is 2.01. The number of hydrogen-bond acceptors (Lipinski definition) is 2. The van der Waals surface area contributed by atoms with E-state index in [0.29, 0.717) is 0 Å². The monoisotopic (exact) mass is 268 g/mol. The molecule has 2 rings (SSSR count). The Balaban J connectivity index is 1.88. The zero-order chi connectivity index (χ0) is 10.8. The van der Waals surface area contributed by atoms with Crippen LogP contribution in [0, 0.1) is 18.8 Å². The molecule has 1 saturated carbocycles. The highest BCUT2D eigenvalue weighted by molar-refractivity contribution is 9.10. The highest BCUT2D eigenvalue weighted by Crippen LogP contribution is 2.40. The lowest BCUT2D eigenvalue weighted by molar-refractivity contribution is 0.700. The Bertz CT molecular complexity index is 351. The van der Waals surface area contributed by atoms with Crippen molar-refractivity contribution in [3.63, 3.8) is 0 Å². The van der Waals surface area contributed by atoms with Crippen molar-refractivity contribution < 1.29 is 0 Å². The second kappa shape index (κ2) is 4.52. The molecule has 3 heteroatoms. The van der Waals surface area contributed by atoms with E-state index in [0.717, 1.165) is 28.7 Å². The van der Waals surface area contributed by atoms with Crippen LogP contribution >= 0.6 is 15.9 Å². The van der Waals surface area contributed by atoms with E-state index in [2.05, 4.69) is 46.1 Å². The molecule has 1 N–H and O–H groups in total. The minimum Gasteiger partial charge on any atom is -0.370 e. The van der Waals surface area contributed by atoms with E-state index in [4.69, 9.17) is 0 Å². The molecule has 0 unspecified atom stereocenters. The number of rotatable bonds is 4. The Hall–Kier alpha value is -0.570. The van der Waals surface area contributed by atoms with Crippen LogP contribution in [0.5, 0.6) is 0 Å². The van der Waals surface area contributed by atoms with Crippen molar-refractivity contribution in [1.29, 1.82) is 0 Å². The summed E-state index contributed by atoms with van der Waals surface area (Å²) in [6.07, 6.45) is 4.55. The van der Waals surface area contributed by atoms with E-state index in [1.165, 1.54) is 18.4 Å². The molecule has 2 atom stereocenters. The first kappa shape index (κ1) is 10.9. The molecule has 82 valence electrons. The fourth-order valence-corrected chi connectivity index (χ4v) is 2.46. The predicted octanol–water partition coefficient (Wildman–Crippen LogP) is 3.61. The lowest BCUT2D eigenvalue weighted by atomic mass is 10.2. The van der Waals surface area contributed by atoms with Gasteiger partial charge in [0.05, 0.1) is 0 Å². The summed E-state index contributed by atoms with van der Waals surface area (Å²) in [5, 5.41) is 3.43. The lowest BCUT2D eigenvalue weighted by Crippen LogP contribution is -2.07. The summed E-state index contributed by atoms with van der Waals surface area (Å²) in [4.78, 5) is 4.37. The third kappa shape index (κ3) is 2.71. The molecule has 15 heavy (non-hydrogen) atoms. The van der Waals surface area contributed by atoms with Gasteiger partial charge in [-0.3, -0.25) is 0 Å². The summed E-state index contributed by atoms with van der Waals surface area (Å²) in [7, 11) is 0. The maximum atomic E-state index is 4.37. The summed E-state index contributed by atoms with van der Waals surface area (Å²) in [6, 6.07) is 2.10. The van der Waals surface area contributed by atoms with E-state index >= 15 is 0 Å². The zero-order valence-corrected chi connectivity index (χ0v) is 10.8. The van der Waals surface area contributed by atoms with Gasteiger partial charge in [-0.25, -0.2) is 4.98 Å². The number of nitrogens with one attached hydrogen (secondary N) is 1. The van der Waals surface area contributed by atoms with Crippen LogP contribution in [0.1, 0.15) is 25.3 Å². The van der Waals surface area contributed by atoms with Gasteiger partial charge in [0.25, 0.3) is 0 Å². The normalized spacial score (nSPS) is 23.9. The Kier molecular flexibility index (Phi) is 3.29. The first-order chi connectivity index (χ1) is 7.20. The van der Waals surface area contributed by atoms with Crippen molar-refractivity contribution in [3.8, 4) is 0 Å². The van der Waals surface area contributed by atoms with Crippen LogP contribution in [0.4, 0.5) is 5.82 Å². The molecule has 2 nitrogen and oxygen atoms in total. The molecule has 0 radical (unpaired) electrons. The first-order valence-corrected chi connectivity index (χ1v) is 6.36. The van der Waals surface area contributed by atoms with Crippen LogP contribution in [0.3, 0.4) is 0 Å². The van der Waals surface area contributed by atoms with Gasteiger partial charge in [-0.05, 0) is 52.7 Å². The van der Waals surface area contributed by atoms with Crippen molar-refractivity contribution in [2.45, 2.75) is 26.7 Å². The highest BCUT2D eigenvalue weighted by Gasteiger charge is 2.34. The molecular formula is C12H17BrN2. The van der Waals surface area contributed by atoms with Crippen molar-refractivity contribution in [2.24, 2.45) is 11.8 Å². The van der Waals surface area contributed by atoms with Crippen LogP contribution in [-0.4, -0.2) is 11.5 Å². The third-order valence-corrected chi connectivity index (χ3v) is 3.60. The molecule has 1 aromatic heterocycles. The number of hydrogen-bond donors (Lipinski definition) is 1. The smallest absolute Gasteiger partial charge is 0.128 e. The van der Waals surface area contributed by atoms with Crippen molar-refractivity contribution in [2.75, 3.05) is 11.9 Å². The molecule has 1 fully saturated rings. The van der Waals surface area contributed by atoms with Crippen molar-refractivity contribution in [3.05, 3.63) is 22.3 Å². The number of halogens is 1. The topological polar surface area (TPSA) is 24.9 Å². The number of pyridine rings is 1. The van der Waals surface area contributed by atoms with E-state index in [9.17, 15) is 0 Å². The molecular weight excluding hydrogens is 252 g/mol. The number of anilines is 1. The predicted molar refractivity (Wildman–Crippen MR) is 67.1 cm³/mol. The molecule has 0 spiro atoms. The Labute approximate surface area is 99.6 Å². The van der Waals surface area contributed by atoms with Crippen molar-refractivity contribution >= 4 is 21.7 Å². The number of nitrogens with zero attached hydrogens (tertiary/aromatic N) is 1. The van der Waals surface area contributed by atoms with Crippen LogP contribution in [-0.2, 0) is 0 Å². The van der Waals surface area contributed by atoms with Gasteiger partial charge in [-0.15, -0.1) is 0 Å². The maximum Gasteiger partial charge on any atom is 0.128 e. The van der Waals surface area contributed by atoms with Gasteiger partial charge in [0.2, 0.25) is 0 Å². The van der Waals surface area contributed by atoms with Gasteiger partial charge in [-0.2, -0.15) is 0 Å². The second-order valence-corrected chi connectivity index (χ2v) is 5.28. The molecule has 1 aliphatic rings. The standard InChI is InChI=1S/C12H17BrN2/c1-3-9-5-10(9)6-14-12-8(2)4-11(13)7-15-12/h4,7,9-10H,3,5-6H2,1-2H3,(H,14,15)/t9-,10+/m1/s1. The molecule has 0 aliphatic heterocycles. The maximum absolute atomic E-state index is 4.37. The van der Waals surface area contributed by atoms with Gasteiger partial charge in [0, 0.05) is 17.2 Å². The SMILES string of the molecule is CC[C@@H]1C[C@H]1CNc1ncc(Br)cc1C. The third-order valence-electron chi connectivity index (χ3n) is 3.17. The van der Waals surface area contributed by atoms with E-state index in [-0.39, 0.29) is 0 Å². The van der Waals surface area contributed by atoms with E-state index in [1.54, 1.807) is 0 Å². The van der Waals surface area contributed by atoms with Gasteiger partial charge in [0.1, 0.15) is 5.82 Å². The number of aromatic nitrogens is 1. The summed E-state index contributed by atoms with van der Waals surface area (Å²) in [6.45, 7) is 5.44. The zero-order valence-electron chi connectivity index (χ0n) is 9.26. The largest absolute Gasteiger partial charge is 0.370 e. The Morgan fingerprint density at radius 3 is 2.93 bits per heavy atom. The average molecular weight is 269 g/mol. The molecule has 1 aliphatic carbocycles. The van der Waals surface area contributed by atoms with Gasteiger partial charge >= 0.3 is 0 Å². The van der Waals surface area contributed by atoms with Crippen molar-refractivity contribution in [1.82, 2.24) is 4.98 Å². The minimum atomic E-state index is 0.875. The Morgan fingerprint density at radius 1 is 1.53 bits per heavy atom. The minimum absolute atomic E-state index is 0.875. The summed E-state index contributed by atoms with van der Waals surface area (Å²) < 4.78 is 1.04. The molecule has 1 heterocycles. The second-order valence-electron chi connectivity index (χ2n) is 4.36. The summed E-state index contributed by atoms with van der Waals surface area (Å²) in [5.74, 6) is 2.85. The van der Waals surface area contributed by atoms with E-state index in [1.807, 2.05) is 6.20 Å². The summed E-state index contributed by atoms with van der Waals surface area (Å²) >= 11 is 3.42. The van der Waals surface area contributed by atoms with Gasteiger partial charge < -0.3 is 5.32 Å². The first-order valence-electron chi connectivity index (χ1n) is 5.56. The van der Waals surface area contributed by atoms with E-state index < -0.39 is 0 Å². The van der Waals surface area contributed by atoms with Crippen LogP contribution in [0.25, 0.3) is 0 Å². The Morgan fingerprint density at radius 2 is 2.33 bits per heavy atom. The lowest BCUT2D eigenvalue weighted by Gasteiger charge is -2.08. The molecule has 0 aromatic carbocycles.